The Hall–Kier alpha value is -2.42. The second-order valence-electron chi connectivity index (χ2n) is 2.29. The third-order valence-corrected chi connectivity index (χ3v) is 1.54. The second kappa shape index (κ2) is 3.14. The summed E-state index contributed by atoms with van der Waals surface area (Å²) in [4.78, 5) is 43.7. The highest BCUT2D eigenvalue weighted by atomic mass is 16.2. The van der Waals surface area contributed by atoms with E-state index in [2.05, 4.69) is 0 Å². The summed E-state index contributed by atoms with van der Waals surface area (Å²) in [6.07, 6.45) is 0. The van der Waals surface area contributed by atoms with E-state index in [1.165, 1.54) is 0 Å². The highest BCUT2D eigenvalue weighted by Gasteiger charge is 2.06. The Kier molecular flexibility index (Phi) is 2.17. The number of hydrogen-bond acceptors (Lipinski definition) is 4. The smallest absolute Gasteiger partial charge is 0.244 e. The molecular weight excluding hydrogens is 188 g/mol. The Balaban J connectivity index is 4.67. The van der Waals surface area contributed by atoms with Crippen molar-refractivity contribution in [3.8, 4) is 0 Å². The summed E-state index contributed by atoms with van der Waals surface area (Å²) in [5.41, 5.74) is -5.58. The summed E-state index contributed by atoms with van der Waals surface area (Å²) in [6.45, 7) is 0. The average Bonchev–Trinajstić information content (AvgIpc) is 2.17. The van der Waals surface area contributed by atoms with Crippen LogP contribution in [0.4, 0.5) is 0 Å². The van der Waals surface area contributed by atoms with E-state index in [0.717, 1.165) is 11.7 Å². The van der Waals surface area contributed by atoms with Crippen molar-refractivity contribution in [3.05, 3.63) is 62.1 Å². The van der Waals surface area contributed by atoms with E-state index in [1.54, 1.807) is 0 Å². The minimum absolute atomic E-state index is 1.03. The van der Waals surface area contributed by atoms with Gasteiger partial charge in [-0.3, -0.25) is 30.9 Å². The SMILES string of the molecule is [N-]=C=c1c(=O)c(=O)c(=C=[N-])c(=O)c1=O. The maximum Gasteiger partial charge on any atom is 0.244 e. The summed E-state index contributed by atoms with van der Waals surface area (Å²) in [5, 5.41) is 14.5. The molecule has 0 aromatic heterocycles. The van der Waals surface area contributed by atoms with Crippen LogP contribution in [0.5, 0.6) is 0 Å². The van der Waals surface area contributed by atoms with E-state index in [4.69, 9.17) is 10.8 Å². The first-order valence-corrected chi connectivity index (χ1v) is 3.26. The molecule has 1 rings (SSSR count). The zero-order valence-electron chi connectivity index (χ0n) is 6.53. The van der Waals surface area contributed by atoms with Crippen LogP contribution in [-0.2, 0) is 0 Å². The van der Waals surface area contributed by atoms with E-state index in [1.807, 2.05) is 0 Å². The van der Waals surface area contributed by atoms with Crippen LogP contribution in [0, 0.1) is 0 Å². The molecule has 0 heterocycles. The molecule has 1 aromatic carbocycles. The lowest BCUT2D eigenvalue weighted by Gasteiger charge is -1.81. The van der Waals surface area contributed by atoms with Gasteiger partial charge in [-0.2, -0.15) is 0 Å². The van der Waals surface area contributed by atoms with Crippen molar-refractivity contribution >= 4 is 11.7 Å². The van der Waals surface area contributed by atoms with Gasteiger partial charge in [0, 0.05) is 0 Å². The minimum atomic E-state index is -1.39. The normalized spacial score (nSPS) is 9.14. The molecule has 0 aliphatic carbocycles. The molecule has 0 radical (unpaired) electrons. The Morgan fingerprint density at radius 2 is 0.857 bits per heavy atom. The first-order valence-electron chi connectivity index (χ1n) is 3.26. The molecule has 68 valence electrons. The molecule has 0 aliphatic heterocycles. The summed E-state index contributed by atoms with van der Waals surface area (Å²) < 4.78 is 0. The molecule has 0 saturated carbocycles. The van der Waals surface area contributed by atoms with Gasteiger partial charge in [-0.15, -0.1) is 0 Å². The molecule has 0 aliphatic rings. The molecule has 0 bridgehead atoms. The van der Waals surface area contributed by atoms with Crippen LogP contribution < -0.4 is 32.2 Å². The molecule has 0 unspecified atom stereocenters. The summed E-state index contributed by atoms with van der Waals surface area (Å²) in [6, 6.07) is 0. The fraction of sp³-hybridized carbons (Fsp3) is 0. The van der Waals surface area contributed by atoms with E-state index in [0.29, 0.717) is 0 Å². The zero-order valence-corrected chi connectivity index (χ0v) is 6.53. The maximum atomic E-state index is 10.9. The minimum Gasteiger partial charge on any atom is -0.763 e. The first kappa shape index (κ1) is 9.67. The van der Waals surface area contributed by atoms with Crippen LogP contribution in [0.15, 0.2) is 19.2 Å². The van der Waals surface area contributed by atoms with Gasteiger partial charge in [0.05, 0.1) is 10.4 Å². The van der Waals surface area contributed by atoms with Crippen LogP contribution in [0.3, 0.4) is 0 Å². The molecule has 0 atom stereocenters. The Morgan fingerprint density at radius 1 is 0.643 bits per heavy atom. The molecule has 14 heavy (non-hydrogen) atoms. The highest BCUT2D eigenvalue weighted by Crippen LogP contribution is 1.29. The van der Waals surface area contributed by atoms with Crippen LogP contribution in [0.25, 0.3) is 10.8 Å². The van der Waals surface area contributed by atoms with Gasteiger partial charge < -0.3 is 10.8 Å². The highest BCUT2D eigenvalue weighted by molar-refractivity contribution is 5.57. The van der Waals surface area contributed by atoms with E-state index in [-0.39, 0.29) is 0 Å². The van der Waals surface area contributed by atoms with Crippen molar-refractivity contribution in [2.24, 2.45) is 0 Å². The lowest BCUT2D eigenvalue weighted by atomic mass is 10.2. The molecule has 6 heteroatoms. The predicted molar refractivity (Wildman–Crippen MR) is 48.1 cm³/mol. The number of nitrogens with zero attached hydrogens (tertiary/aromatic N) is 2. The van der Waals surface area contributed by atoms with Crippen molar-refractivity contribution in [2.45, 2.75) is 0 Å². The van der Waals surface area contributed by atoms with Crippen molar-refractivity contribution in [3.63, 3.8) is 0 Å². The first-order chi connectivity index (χ1) is 6.54. The number of benzene rings is 1. The van der Waals surface area contributed by atoms with E-state index < -0.39 is 32.2 Å². The largest absolute Gasteiger partial charge is 0.763 e. The molecular formula is C8N2O4-2. The Bertz CT molecular complexity index is 640. The Morgan fingerprint density at radius 3 is 1.00 bits per heavy atom. The number of hydrogen-bond donors (Lipinski definition) is 0. The van der Waals surface area contributed by atoms with Gasteiger partial charge in [-0.1, -0.05) is 0 Å². The van der Waals surface area contributed by atoms with Crippen LogP contribution >= 0.6 is 0 Å². The van der Waals surface area contributed by atoms with Crippen molar-refractivity contribution in [1.29, 1.82) is 0 Å². The number of rotatable bonds is 0. The van der Waals surface area contributed by atoms with Crippen LogP contribution in [0.1, 0.15) is 0 Å². The topological polar surface area (TPSA) is 113 Å². The monoisotopic (exact) mass is 188 g/mol. The van der Waals surface area contributed by atoms with Crippen LogP contribution in [-0.4, -0.2) is 11.7 Å². The van der Waals surface area contributed by atoms with Gasteiger partial charge in [0.2, 0.25) is 21.7 Å². The zero-order chi connectivity index (χ0) is 10.9. The standard InChI is InChI=1S/C8N2O4/c9-1-3-5(11)7(13)4(2-10)8(14)6(3)12/q-2. The summed E-state index contributed by atoms with van der Waals surface area (Å²) >= 11 is 0. The summed E-state index contributed by atoms with van der Waals surface area (Å²) in [5.74, 6) is 2.32. The predicted octanol–water partition coefficient (Wildman–Crippen LogP) is -4.18. The van der Waals surface area contributed by atoms with Gasteiger partial charge in [0.1, 0.15) is 0 Å². The van der Waals surface area contributed by atoms with Gasteiger partial charge in [-0.05, 0) is 0 Å². The van der Waals surface area contributed by atoms with Gasteiger partial charge in [0.15, 0.2) is 0 Å². The maximum absolute atomic E-state index is 10.9. The van der Waals surface area contributed by atoms with Gasteiger partial charge in [-0.25, -0.2) is 0 Å². The fourth-order valence-corrected chi connectivity index (χ4v) is 0.863. The van der Waals surface area contributed by atoms with E-state index in [9.17, 15) is 19.2 Å². The van der Waals surface area contributed by atoms with Gasteiger partial charge >= 0.3 is 0 Å². The van der Waals surface area contributed by atoms with Crippen LogP contribution in [0.2, 0.25) is 0 Å². The summed E-state index contributed by atoms with van der Waals surface area (Å²) in [7, 11) is 0. The average molecular weight is 188 g/mol. The molecule has 0 N–H and O–H groups in total. The van der Waals surface area contributed by atoms with Crippen molar-refractivity contribution in [2.75, 3.05) is 0 Å². The lowest BCUT2D eigenvalue weighted by Crippen LogP contribution is -2.64. The second-order valence-corrected chi connectivity index (χ2v) is 2.29. The Labute approximate surface area is 74.8 Å². The fourth-order valence-electron chi connectivity index (χ4n) is 0.863. The molecule has 1 aromatic rings. The van der Waals surface area contributed by atoms with E-state index >= 15 is 0 Å². The third-order valence-electron chi connectivity index (χ3n) is 1.54. The third kappa shape index (κ3) is 1.08. The molecule has 0 fully saturated rings. The quantitative estimate of drug-likeness (QED) is 0.303. The van der Waals surface area contributed by atoms with Crippen molar-refractivity contribution < 1.29 is 0 Å². The molecule has 0 saturated heterocycles. The van der Waals surface area contributed by atoms with Crippen molar-refractivity contribution in [1.82, 2.24) is 0 Å². The lowest BCUT2D eigenvalue weighted by molar-refractivity contribution is 1.28. The molecule has 6 nitrogen and oxygen atoms in total. The molecule has 0 amide bonds. The molecule has 0 spiro atoms. The van der Waals surface area contributed by atoms with Gasteiger partial charge in [0.25, 0.3) is 0 Å².